The molecule has 0 radical (unpaired) electrons. The maximum atomic E-state index is 11.6. The van der Waals surface area contributed by atoms with Gasteiger partial charge in [-0.1, -0.05) is 32.3 Å². The quantitative estimate of drug-likeness (QED) is 0.897. The van der Waals surface area contributed by atoms with Gasteiger partial charge in [-0.25, -0.2) is 8.42 Å². The number of aromatic hydroxyl groups is 1. The van der Waals surface area contributed by atoms with Crippen molar-refractivity contribution in [2.75, 3.05) is 6.26 Å². The van der Waals surface area contributed by atoms with Gasteiger partial charge in [-0.15, -0.1) is 0 Å². The van der Waals surface area contributed by atoms with Crippen LogP contribution in [0.25, 0.3) is 0 Å². The van der Waals surface area contributed by atoms with Crippen molar-refractivity contribution in [2.24, 2.45) is 0 Å². The van der Waals surface area contributed by atoms with Gasteiger partial charge in [0.1, 0.15) is 10.6 Å². The Morgan fingerprint density at radius 2 is 1.78 bits per heavy atom. The molecule has 2 rings (SSSR count). The Morgan fingerprint density at radius 3 is 2.33 bits per heavy atom. The van der Waals surface area contributed by atoms with Gasteiger partial charge in [-0.2, -0.15) is 0 Å². The third-order valence-electron chi connectivity index (χ3n) is 4.01. The van der Waals surface area contributed by atoms with Crippen LogP contribution in [0.5, 0.6) is 5.75 Å². The van der Waals surface area contributed by atoms with Crippen molar-refractivity contribution >= 4 is 9.84 Å². The molecule has 0 amide bonds. The average molecular weight is 268 g/mol. The second-order valence-electron chi connectivity index (χ2n) is 5.58. The Morgan fingerprint density at radius 1 is 1.17 bits per heavy atom. The monoisotopic (exact) mass is 268 g/mol. The molecule has 4 heteroatoms. The van der Waals surface area contributed by atoms with Gasteiger partial charge in [0.2, 0.25) is 0 Å². The second kappa shape index (κ2) is 4.57. The predicted octanol–water partition coefficient (Wildman–Crippen LogP) is 3.02. The van der Waals surface area contributed by atoms with E-state index in [1.807, 2.05) is 6.07 Å². The van der Waals surface area contributed by atoms with Crippen molar-refractivity contribution in [3.8, 4) is 5.75 Å². The first kappa shape index (κ1) is 13.4. The summed E-state index contributed by atoms with van der Waals surface area (Å²) in [6.07, 6.45) is 6.93. The molecule has 0 saturated heterocycles. The third kappa shape index (κ3) is 2.53. The number of phenolic OH excluding ortho intramolecular Hbond substituents is 1. The summed E-state index contributed by atoms with van der Waals surface area (Å²) in [4.78, 5) is 0.0480. The molecule has 0 aromatic heterocycles. The van der Waals surface area contributed by atoms with Crippen LogP contribution in [0, 0.1) is 0 Å². The number of phenols is 1. The summed E-state index contributed by atoms with van der Waals surface area (Å²) in [5.41, 5.74) is 1.08. The molecule has 0 spiro atoms. The van der Waals surface area contributed by atoms with E-state index in [-0.39, 0.29) is 16.1 Å². The normalized spacial score (nSPS) is 19.7. The van der Waals surface area contributed by atoms with E-state index in [1.165, 1.54) is 25.3 Å². The molecule has 3 nitrogen and oxygen atoms in total. The highest BCUT2D eigenvalue weighted by atomic mass is 32.2. The molecule has 100 valence electrons. The van der Waals surface area contributed by atoms with Gasteiger partial charge in [0.05, 0.1) is 0 Å². The molecule has 1 aliphatic rings. The lowest BCUT2D eigenvalue weighted by Crippen LogP contribution is -2.25. The second-order valence-corrected chi connectivity index (χ2v) is 7.56. The van der Waals surface area contributed by atoms with Crippen molar-refractivity contribution in [3.05, 3.63) is 23.8 Å². The molecular weight excluding hydrogens is 248 g/mol. The summed E-state index contributed by atoms with van der Waals surface area (Å²) in [5.74, 6) is -0.152. The van der Waals surface area contributed by atoms with Crippen LogP contribution in [0.2, 0.25) is 0 Å². The third-order valence-corrected chi connectivity index (χ3v) is 5.14. The van der Waals surface area contributed by atoms with E-state index in [2.05, 4.69) is 6.92 Å². The van der Waals surface area contributed by atoms with E-state index in [0.29, 0.717) is 0 Å². The van der Waals surface area contributed by atoms with Gasteiger partial charge >= 0.3 is 0 Å². The van der Waals surface area contributed by atoms with E-state index in [1.54, 1.807) is 6.07 Å². The smallest absolute Gasteiger partial charge is 0.179 e. The first-order chi connectivity index (χ1) is 8.33. The van der Waals surface area contributed by atoms with Crippen LogP contribution in [-0.2, 0) is 15.3 Å². The van der Waals surface area contributed by atoms with Crippen molar-refractivity contribution in [3.63, 3.8) is 0 Å². The molecule has 0 bridgehead atoms. The van der Waals surface area contributed by atoms with E-state index < -0.39 is 9.84 Å². The zero-order valence-corrected chi connectivity index (χ0v) is 11.8. The Balaban J connectivity index is 2.47. The van der Waals surface area contributed by atoms with Crippen LogP contribution in [0.15, 0.2) is 23.1 Å². The Bertz CT molecular complexity index is 540. The highest BCUT2D eigenvalue weighted by Gasteiger charge is 2.30. The summed E-state index contributed by atoms with van der Waals surface area (Å²) in [6, 6.07) is 5.01. The fourth-order valence-electron chi connectivity index (χ4n) is 2.81. The van der Waals surface area contributed by atoms with Crippen LogP contribution in [0.3, 0.4) is 0 Å². The maximum absolute atomic E-state index is 11.6. The number of hydrogen-bond donors (Lipinski definition) is 1. The number of rotatable bonds is 2. The van der Waals surface area contributed by atoms with Crippen molar-refractivity contribution in [1.29, 1.82) is 0 Å². The minimum atomic E-state index is -3.37. The van der Waals surface area contributed by atoms with E-state index in [0.717, 1.165) is 24.7 Å². The van der Waals surface area contributed by atoms with E-state index >= 15 is 0 Å². The highest BCUT2D eigenvalue weighted by Crippen LogP contribution is 2.40. The van der Waals surface area contributed by atoms with Gasteiger partial charge in [0.25, 0.3) is 0 Å². The Labute approximate surface area is 109 Å². The first-order valence-corrected chi connectivity index (χ1v) is 8.26. The van der Waals surface area contributed by atoms with Crippen LogP contribution in [-0.4, -0.2) is 19.8 Å². The largest absolute Gasteiger partial charge is 0.507 e. The van der Waals surface area contributed by atoms with Crippen molar-refractivity contribution in [1.82, 2.24) is 0 Å². The lowest BCUT2D eigenvalue weighted by molar-refractivity contribution is 0.318. The van der Waals surface area contributed by atoms with Gasteiger partial charge in [-0.05, 0) is 36.0 Å². The average Bonchev–Trinajstić information content (AvgIpc) is 2.28. The van der Waals surface area contributed by atoms with Crippen LogP contribution in [0.1, 0.15) is 44.6 Å². The van der Waals surface area contributed by atoms with Gasteiger partial charge in [-0.3, -0.25) is 0 Å². The first-order valence-electron chi connectivity index (χ1n) is 6.36. The summed E-state index contributed by atoms with van der Waals surface area (Å²) in [7, 11) is -3.37. The fraction of sp³-hybridized carbons (Fsp3) is 0.571. The molecule has 1 N–H and O–H groups in total. The van der Waals surface area contributed by atoms with Crippen LogP contribution in [0.4, 0.5) is 0 Å². The van der Waals surface area contributed by atoms with Crippen LogP contribution >= 0.6 is 0 Å². The standard InChI is InChI=1S/C14H20O3S/c1-14(8-4-3-5-9-14)11-6-7-12(15)13(10-11)18(2,16)17/h6-7,10,15H,3-5,8-9H2,1-2H3. The summed E-state index contributed by atoms with van der Waals surface area (Å²) in [5, 5.41) is 9.67. The zero-order chi connectivity index (χ0) is 13.4. The molecule has 1 aromatic carbocycles. The minimum absolute atomic E-state index is 0.0470. The Kier molecular flexibility index (Phi) is 3.41. The molecule has 18 heavy (non-hydrogen) atoms. The number of hydrogen-bond acceptors (Lipinski definition) is 3. The van der Waals surface area contributed by atoms with Gasteiger partial charge in [0, 0.05) is 6.26 Å². The molecule has 1 aromatic rings. The fourth-order valence-corrected chi connectivity index (χ4v) is 3.60. The molecule has 1 aliphatic carbocycles. The number of sulfone groups is 1. The predicted molar refractivity (Wildman–Crippen MR) is 71.7 cm³/mol. The van der Waals surface area contributed by atoms with Gasteiger partial charge in [0.15, 0.2) is 9.84 Å². The lowest BCUT2D eigenvalue weighted by atomic mass is 9.71. The molecule has 0 atom stereocenters. The zero-order valence-electron chi connectivity index (χ0n) is 10.9. The maximum Gasteiger partial charge on any atom is 0.179 e. The Hall–Kier alpha value is -1.03. The summed E-state index contributed by atoms with van der Waals surface area (Å²) >= 11 is 0. The minimum Gasteiger partial charge on any atom is -0.507 e. The van der Waals surface area contributed by atoms with Crippen molar-refractivity contribution in [2.45, 2.75) is 49.3 Å². The van der Waals surface area contributed by atoms with Crippen LogP contribution < -0.4 is 0 Å². The summed E-state index contributed by atoms with van der Waals surface area (Å²) in [6.45, 7) is 2.19. The molecule has 0 heterocycles. The van der Waals surface area contributed by atoms with E-state index in [4.69, 9.17) is 0 Å². The SMILES string of the molecule is CC1(c2ccc(O)c(S(C)(=O)=O)c2)CCCCC1. The molecular formula is C14H20O3S. The topological polar surface area (TPSA) is 54.4 Å². The van der Waals surface area contributed by atoms with Gasteiger partial charge < -0.3 is 5.11 Å². The van der Waals surface area contributed by atoms with Crippen molar-refractivity contribution < 1.29 is 13.5 Å². The molecule has 0 aliphatic heterocycles. The molecule has 1 fully saturated rings. The summed E-state index contributed by atoms with van der Waals surface area (Å²) < 4.78 is 23.3. The molecule has 0 unspecified atom stereocenters. The van der Waals surface area contributed by atoms with E-state index in [9.17, 15) is 13.5 Å². The lowest BCUT2D eigenvalue weighted by Gasteiger charge is -2.34. The number of benzene rings is 1. The highest BCUT2D eigenvalue weighted by molar-refractivity contribution is 7.90. The molecule has 1 saturated carbocycles.